The summed E-state index contributed by atoms with van der Waals surface area (Å²) in [4.78, 5) is 19.1. The van der Waals surface area contributed by atoms with Crippen LogP contribution in [0.1, 0.15) is 35.5 Å². The quantitative estimate of drug-likeness (QED) is 0.379. The summed E-state index contributed by atoms with van der Waals surface area (Å²) in [5.74, 6) is -0.497. The molecule has 0 fully saturated rings. The van der Waals surface area contributed by atoms with Gasteiger partial charge >= 0.3 is 0 Å². The predicted molar refractivity (Wildman–Crippen MR) is 133 cm³/mol. The van der Waals surface area contributed by atoms with Gasteiger partial charge in [-0.05, 0) is 43.7 Å². The molecule has 0 radical (unpaired) electrons. The van der Waals surface area contributed by atoms with E-state index in [9.17, 15) is 13.2 Å². The van der Waals surface area contributed by atoms with Gasteiger partial charge in [0.2, 0.25) is 15.0 Å². The first-order valence-electron chi connectivity index (χ1n) is 10.7. The minimum Gasteiger partial charge on any atom is -0.383 e. The summed E-state index contributed by atoms with van der Waals surface area (Å²) in [6, 6.07) is 13.4. The number of benzene rings is 2. The molecule has 1 aromatic heterocycles. The standard InChI is InChI=1S/C24H27Cl2N3O4S/c1-17(2)29(23(30)18-8-6-9-20(25)13-18)15-21-14-27-24(28(21)11-12-33-3)34(31,32)16-19-7-4-5-10-22(19)26/h4-10,13-14,17H,11-12,15-16H2,1-3H3. The van der Waals surface area contributed by atoms with Gasteiger partial charge < -0.3 is 14.2 Å². The van der Waals surface area contributed by atoms with Gasteiger partial charge in [-0.25, -0.2) is 13.4 Å². The Labute approximate surface area is 210 Å². The zero-order chi connectivity index (χ0) is 24.9. The molecule has 3 aromatic rings. The number of carbonyl (C=O) groups excluding carboxylic acids is 1. The second kappa shape index (κ2) is 11.4. The molecule has 2 aromatic carbocycles. The third-order valence-corrected chi connectivity index (χ3v) is 7.47. The summed E-state index contributed by atoms with van der Waals surface area (Å²) >= 11 is 12.3. The molecule has 0 unspecified atom stereocenters. The van der Waals surface area contributed by atoms with Crippen molar-refractivity contribution in [1.29, 1.82) is 0 Å². The zero-order valence-corrected chi connectivity index (χ0v) is 21.6. The highest BCUT2D eigenvalue weighted by atomic mass is 35.5. The van der Waals surface area contributed by atoms with Gasteiger partial charge in [0, 0.05) is 35.3 Å². The van der Waals surface area contributed by atoms with Crippen LogP contribution >= 0.6 is 23.2 Å². The molecule has 7 nitrogen and oxygen atoms in total. The van der Waals surface area contributed by atoms with Crippen LogP contribution in [0.15, 0.2) is 59.9 Å². The third kappa shape index (κ3) is 6.18. The molecule has 34 heavy (non-hydrogen) atoms. The van der Waals surface area contributed by atoms with Crippen LogP contribution in [0.4, 0.5) is 0 Å². The maximum absolute atomic E-state index is 13.3. The number of methoxy groups -OCH3 is 1. The molecule has 0 atom stereocenters. The van der Waals surface area contributed by atoms with Crippen molar-refractivity contribution in [3.8, 4) is 0 Å². The maximum Gasteiger partial charge on any atom is 0.254 e. The van der Waals surface area contributed by atoms with Gasteiger partial charge in [0.15, 0.2) is 0 Å². The number of amides is 1. The number of carbonyl (C=O) groups is 1. The molecule has 0 spiro atoms. The second-order valence-corrected chi connectivity index (χ2v) is 10.8. The van der Waals surface area contributed by atoms with E-state index in [1.54, 1.807) is 58.0 Å². The van der Waals surface area contributed by atoms with Gasteiger partial charge in [-0.2, -0.15) is 0 Å². The fraction of sp³-hybridized carbons (Fsp3) is 0.333. The number of aromatic nitrogens is 2. The van der Waals surface area contributed by atoms with E-state index in [1.807, 2.05) is 13.8 Å². The van der Waals surface area contributed by atoms with E-state index in [2.05, 4.69) is 4.98 Å². The number of nitrogens with zero attached hydrogens (tertiary/aromatic N) is 3. The average molecular weight is 524 g/mol. The Morgan fingerprint density at radius 2 is 1.88 bits per heavy atom. The Morgan fingerprint density at radius 3 is 2.53 bits per heavy atom. The van der Waals surface area contributed by atoms with Crippen LogP contribution in [0.5, 0.6) is 0 Å². The smallest absolute Gasteiger partial charge is 0.254 e. The van der Waals surface area contributed by atoms with Crippen molar-refractivity contribution in [1.82, 2.24) is 14.5 Å². The normalized spacial score (nSPS) is 11.7. The molecule has 0 aliphatic carbocycles. The molecule has 0 bridgehead atoms. The molecule has 1 amide bonds. The number of sulfone groups is 1. The summed E-state index contributed by atoms with van der Waals surface area (Å²) in [5.41, 5.74) is 1.53. The van der Waals surface area contributed by atoms with Gasteiger partial charge in [-0.1, -0.05) is 47.5 Å². The van der Waals surface area contributed by atoms with Gasteiger partial charge in [0.05, 0.1) is 30.8 Å². The molecular weight excluding hydrogens is 497 g/mol. The van der Waals surface area contributed by atoms with Crippen LogP contribution in [-0.4, -0.2) is 48.5 Å². The Bertz CT molecular complexity index is 1260. The molecule has 0 aliphatic heterocycles. The highest BCUT2D eigenvalue weighted by Gasteiger charge is 2.27. The van der Waals surface area contributed by atoms with Crippen molar-refractivity contribution in [2.45, 2.75) is 43.9 Å². The predicted octanol–water partition coefficient (Wildman–Crippen LogP) is 4.86. The number of hydrogen-bond acceptors (Lipinski definition) is 5. The van der Waals surface area contributed by atoms with Gasteiger partial charge in [0.1, 0.15) is 0 Å². The highest BCUT2D eigenvalue weighted by molar-refractivity contribution is 7.90. The number of imidazole rings is 1. The van der Waals surface area contributed by atoms with Crippen molar-refractivity contribution < 1.29 is 17.9 Å². The monoisotopic (exact) mass is 523 g/mol. The van der Waals surface area contributed by atoms with Crippen LogP contribution in [0.3, 0.4) is 0 Å². The van der Waals surface area contributed by atoms with Crippen molar-refractivity contribution in [2.75, 3.05) is 13.7 Å². The first kappa shape index (κ1) is 26.2. The minimum absolute atomic E-state index is 0.0848. The minimum atomic E-state index is -3.82. The van der Waals surface area contributed by atoms with Gasteiger partial charge in [-0.3, -0.25) is 4.79 Å². The van der Waals surface area contributed by atoms with Crippen molar-refractivity contribution >= 4 is 38.9 Å². The summed E-state index contributed by atoms with van der Waals surface area (Å²) < 4.78 is 33.4. The average Bonchev–Trinajstić information content (AvgIpc) is 3.20. The van der Waals surface area contributed by atoms with E-state index in [0.717, 1.165) is 0 Å². The van der Waals surface area contributed by atoms with Crippen LogP contribution < -0.4 is 0 Å². The van der Waals surface area contributed by atoms with Gasteiger partial charge in [0.25, 0.3) is 5.91 Å². The van der Waals surface area contributed by atoms with Gasteiger partial charge in [-0.15, -0.1) is 0 Å². The van der Waals surface area contributed by atoms with E-state index in [0.29, 0.717) is 26.9 Å². The lowest BCUT2D eigenvalue weighted by molar-refractivity contribution is 0.0684. The van der Waals surface area contributed by atoms with Crippen LogP contribution in [0.25, 0.3) is 0 Å². The lowest BCUT2D eigenvalue weighted by Gasteiger charge is -2.27. The van der Waals surface area contributed by atoms with Crippen LogP contribution in [0, 0.1) is 0 Å². The summed E-state index contributed by atoms with van der Waals surface area (Å²) in [5, 5.41) is 0.755. The molecule has 0 saturated carbocycles. The summed E-state index contributed by atoms with van der Waals surface area (Å²) in [6.07, 6.45) is 1.50. The molecule has 10 heteroatoms. The summed E-state index contributed by atoms with van der Waals surface area (Å²) in [6.45, 7) is 4.50. The summed E-state index contributed by atoms with van der Waals surface area (Å²) in [7, 11) is -2.28. The van der Waals surface area contributed by atoms with Crippen molar-refractivity contribution in [2.24, 2.45) is 0 Å². The lowest BCUT2D eigenvalue weighted by atomic mass is 10.1. The zero-order valence-electron chi connectivity index (χ0n) is 19.2. The Morgan fingerprint density at radius 1 is 1.15 bits per heavy atom. The maximum atomic E-state index is 13.3. The second-order valence-electron chi connectivity index (χ2n) is 8.06. The first-order chi connectivity index (χ1) is 16.1. The van der Waals surface area contributed by atoms with E-state index in [1.165, 1.54) is 13.3 Å². The largest absolute Gasteiger partial charge is 0.383 e. The molecule has 1 heterocycles. The fourth-order valence-corrected chi connectivity index (χ4v) is 5.54. The molecule has 3 rings (SSSR count). The Kier molecular flexibility index (Phi) is 8.76. The molecule has 0 saturated heterocycles. The Balaban J connectivity index is 1.96. The number of ether oxygens (including phenoxy) is 1. The topological polar surface area (TPSA) is 81.5 Å². The van der Waals surface area contributed by atoms with Crippen molar-refractivity contribution in [3.05, 3.63) is 81.6 Å². The molecule has 0 aliphatic rings. The third-order valence-electron chi connectivity index (χ3n) is 5.29. The molecule has 0 N–H and O–H groups in total. The first-order valence-corrected chi connectivity index (χ1v) is 13.1. The van der Waals surface area contributed by atoms with E-state index >= 15 is 0 Å². The van der Waals surface area contributed by atoms with Crippen molar-refractivity contribution in [3.63, 3.8) is 0 Å². The van der Waals surface area contributed by atoms with Crippen LogP contribution in [0.2, 0.25) is 10.0 Å². The SMILES string of the molecule is COCCn1c(CN(C(=O)c2cccc(Cl)c2)C(C)C)cnc1S(=O)(=O)Cc1ccccc1Cl. The lowest BCUT2D eigenvalue weighted by Crippen LogP contribution is -2.37. The van der Waals surface area contributed by atoms with Crippen LogP contribution in [-0.2, 0) is 33.4 Å². The van der Waals surface area contributed by atoms with E-state index in [4.69, 9.17) is 27.9 Å². The molecule has 182 valence electrons. The number of hydrogen-bond donors (Lipinski definition) is 0. The van der Waals surface area contributed by atoms with E-state index < -0.39 is 9.84 Å². The number of halogens is 2. The van der Waals surface area contributed by atoms with E-state index in [-0.39, 0.29) is 42.6 Å². The highest BCUT2D eigenvalue weighted by Crippen LogP contribution is 2.24. The fourth-order valence-electron chi connectivity index (χ4n) is 3.52. The number of rotatable bonds is 10. The molecular formula is C24H27Cl2N3O4S. The Hall–Kier alpha value is -2.39.